The minimum absolute atomic E-state index is 0.0848. The molecule has 2 aliphatic rings. The van der Waals surface area contributed by atoms with Crippen molar-refractivity contribution >= 4 is 33.5 Å². The molecule has 9 heteroatoms. The van der Waals surface area contributed by atoms with Crippen LogP contribution in [0.1, 0.15) is 36.0 Å². The third-order valence-corrected chi connectivity index (χ3v) is 7.41. The van der Waals surface area contributed by atoms with E-state index in [1.165, 1.54) is 29.6 Å². The summed E-state index contributed by atoms with van der Waals surface area (Å²) in [4.78, 5) is 26.2. The molecule has 148 valence electrons. The van der Waals surface area contributed by atoms with Gasteiger partial charge in [-0.15, -0.1) is 0 Å². The van der Waals surface area contributed by atoms with Crippen molar-refractivity contribution in [1.82, 2.24) is 9.21 Å². The molecule has 27 heavy (non-hydrogen) atoms. The van der Waals surface area contributed by atoms with E-state index in [-0.39, 0.29) is 33.3 Å². The first-order chi connectivity index (χ1) is 12.8. The molecule has 0 N–H and O–H groups in total. The normalized spacial score (nSPS) is 19.3. The highest BCUT2D eigenvalue weighted by Crippen LogP contribution is 2.27. The number of amides is 1. The summed E-state index contributed by atoms with van der Waals surface area (Å²) in [6, 6.07) is 4.26. The zero-order valence-corrected chi connectivity index (χ0v) is 16.8. The van der Waals surface area contributed by atoms with Gasteiger partial charge in [-0.1, -0.05) is 11.6 Å². The second kappa shape index (κ2) is 8.16. The minimum Gasteiger partial charge on any atom is -0.469 e. The minimum atomic E-state index is -3.62. The fraction of sp³-hybridized carbons (Fsp3) is 0.556. The number of carbonyl (C=O) groups excluding carboxylic acids is 2. The van der Waals surface area contributed by atoms with Crippen LogP contribution in [0.2, 0.25) is 5.02 Å². The number of methoxy groups -OCH3 is 1. The molecule has 3 rings (SSSR count). The van der Waals surface area contributed by atoms with Crippen molar-refractivity contribution < 1.29 is 22.7 Å². The lowest BCUT2D eigenvalue weighted by Gasteiger charge is -2.31. The third kappa shape index (κ3) is 4.12. The summed E-state index contributed by atoms with van der Waals surface area (Å²) in [5.74, 6) is -0.794. The Bertz CT molecular complexity index is 828. The lowest BCUT2D eigenvalue weighted by atomic mass is 9.96. The van der Waals surface area contributed by atoms with Crippen LogP contribution in [-0.2, 0) is 19.6 Å². The van der Waals surface area contributed by atoms with Gasteiger partial charge in [-0.25, -0.2) is 8.42 Å². The SMILES string of the molecule is COC(=O)C1CCN(C(=O)c2cc(S(=O)(=O)N3CCCC3)ccc2Cl)CC1. The monoisotopic (exact) mass is 414 g/mol. The van der Waals surface area contributed by atoms with E-state index < -0.39 is 10.0 Å². The zero-order valence-electron chi connectivity index (χ0n) is 15.2. The zero-order chi connectivity index (χ0) is 19.6. The van der Waals surface area contributed by atoms with Crippen LogP contribution in [0.25, 0.3) is 0 Å². The molecule has 2 heterocycles. The van der Waals surface area contributed by atoms with Crippen molar-refractivity contribution in [3.63, 3.8) is 0 Å². The maximum Gasteiger partial charge on any atom is 0.308 e. The maximum atomic E-state index is 12.9. The molecule has 0 unspecified atom stereocenters. The first-order valence-corrected chi connectivity index (χ1v) is 10.8. The number of hydrogen-bond acceptors (Lipinski definition) is 5. The van der Waals surface area contributed by atoms with E-state index in [1.54, 1.807) is 4.90 Å². The van der Waals surface area contributed by atoms with E-state index in [1.807, 2.05) is 0 Å². The molecule has 2 saturated heterocycles. The number of piperidine rings is 1. The van der Waals surface area contributed by atoms with Gasteiger partial charge in [-0.3, -0.25) is 9.59 Å². The van der Waals surface area contributed by atoms with Crippen LogP contribution >= 0.6 is 11.6 Å². The van der Waals surface area contributed by atoms with Crippen LogP contribution in [0.3, 0.4) is 0 Å². The maximum absolute atomic E-state index is 12.9. The molecule has 0 bridgehead atoms. The standard InChI is InChI=1S/C18H23ClN2O5S/c1-26-18(23)13-6-10-20(11-7-13)17(22)15-12-14(4-5-16(15)19)27(24,25)21-8-2-3-9-21/h4-5,12-13H,2-3,6-11H2,1H3. The number of sulfonamides is 1. The Morgan fingerprint density at radius 1 is 1.11 bits per heavy atom. The van der Waals surface area contributed by atoms with E-state index >= 15 is 0 Å². The van der Waals surface area contributed by atoms with Gasteiger partial charge in [0.25, 0.3) is 5.91 Å². The summed E-state index contributed by atoms with van der Waals surface area (Å²) in [5, 5.41) is 0.218. The van der Waals surface area contributed by atoms with E-state index in [4.69, 9.17) is 16.3 Å². The van der Waals surface area contributed by atoms with Gasteiger partial charge < -0.3 is 9.64 Å². The quantitative estimate of drug-likeness (QED) is 0.705. The lowest BCUT2D eigenvalue weighted by molar-refractivity contribution is -0.146. The number of halogens is 1. The Balaban J connectivity index is 1.78. The first kappa shape index (κ1) is 20.1. The van der Waals surface area contributed by atoms with Crippen LogP contribution in [-0.4, -0.2) is 62.8 Å². The van der Waals surface area contributed by atoms with Crippen molar-refractivity contribution in [3.8, 4) is 0 Å². The molecule has 1 aromatic carbocycles. The van der Waals surface area contributed by atoms with Gasteiger partial charge in [-0.2, -0.15) is 4.31 Å². The Hall–Kier alpha value is -1.64. The average molecular weight is 415 g/mol. The topological polar surface area (TPSA) is 84.0 Å². The number of likely N-dealkylation sites (tertiary alicyclic amines) is 1. The van der Waals surface area contributed by atoms with Crippen molar-refractivity contribution in [2.75, 3.05) is 33.3 Å². The van der Waals surface area contributed by atoms with Crippen molar-refractivity contribution in [3.05, 3.63) is 28.8 Å². The molecule has 0 aliphatic carbocycles. The molecular weight excluding hydrogens is 392 g/mol. The van der Waals surface area contributed by atoms with Gasteiger partial charge in [0.2, 0.25) is 10.0 Å². The van der Waals surface area contributed by atoms with E-state index in [2.05, 4.69) is 0 Å². The largest absolute Gasteiger partial charge is 0.469 e. The third-order valence-electron chi connectivity index (χ3n) is 5.19. The number of ether oxygens (including phenoxy) is 1. The van der Waals surface area contributed by atoms with Gasteiger partial charge in [0.15, 0.2) is 0 Å². The predicted molar refractivity (Wildman–Crippen MR) is 100 cm³/mol. The van der Waals surface area contributed by atoms with Gasteiger partial charge in [0.05, 0.1) is 28.5 Å². The summed E-state index contributed by atoms with van der Waals surface area (Å²) in [7, 11) is -2.27. The number of esters is 1. The average Bonchev–Trinajstić information content (AvgIpc) is 3.23. The molecule has 0 saturated carbocycles. The number of rotatable bonds is 4. The van der Waals surface area contributed by atoms with Gasteiger partial charge in [0.1, 0.15) is 0 Å². The van der Waals surface area contributed by atoms with Crippen LogP contribution in [0, 0.1) is 5.92 Å². The summed E-state index contributed by atoms with van der Waals surface area (Å²) < 4.78 is 31.7. The van der Waals surface area contributed by atoms with Crippen molar-refractivity contribution in [2.45, 2.75) is 30.6 Å². The van der Waals surface area contributed by atoms with Gasteiger partial charge in [0, 0.05) is 26.2 Å². The lowest BCUT2D eigenvalue weighted by Crippen LogP contribution is -2.40. The molecule has 0 spiro atoms. The molecule has 7 nitrogen and oxygen atoms in total. The van der Waals surface area contributed by atoms with Crippen LogP contribution in [0.4, 0.5) is 0 Å². The van der Waals surface area contributed by atoms with Crippen molar-refractivity contribution in [1.29, 1.82) is 0 Å². The molecular formula is C18H23ClN2O5S. The fourth-order valence-corrected chi connectivity index (χ4v) is 5.30. The number of nitrogens with zero attached hydrogens (tertiary/aromatic N) is 2. The van der Waals surface area contributed by atoms with E-state index in [0.29, 0.717) is 39.0 Å². The Labute approximate surface area is 164 Å². The summed E-state index contributed by atoms with van der Waals surface area (Å²) in [5.41, 5.74) is 0.174. The molecule has 0 aromatic heterocycles. The Morgan fingerprint density at radius 2 is 1.74 bits per heavy atom. The second-order valence-corrected chi connectivity index (χ2v) is 9.19. The number of carbonyl (C=O) groups is 2. The van der Waals surface area contributed by atoms with Crippen LogP contribution in [0.5, 0.6) is 0 Å². The number of hydrogen-bond donors (Lipinski definition) is 0. The van der Waals surface area contributed by atoms with Crippen LogP contribution in [0.15, 0.2) is 23.1 Å². The molecule has 1 amide bonds. The molecule has 0 radical (unpaired) electrons. The summed E-state index contributed by atoms with van der Waals surface area (Å²) in [6.45, 7) is 1.79. The van der Waals surface area contributed by atoms with E-state index in [0.717, 1.165) is 12.8 Å². The first-order valence-electron chi connectivity index (χ1n) is 9.01. The molecule has 0 atom stereocenters. The fourth-order valence-electron chi connectivity index (χ4n) is 3.56. The smallest absolute Gasteiger partial charge is 0.308 e. The predicted octanol–water partition coefficient (Wildman–Crippen LogP) is 2.15. The highest BCUT2D eigenvalue weighted by molar-refractivity contribution is 7.89. The molecule has 2 aliphatic heterocycles. The Kier molecular flexibility index (Phi) is 6.08. The summed E-state index contributed by atoms with van der Waals surface area (Å²) >= 11 is 6.19. The van der Waals surface area contributed by atoms with Crippen molar-refractivity contribution in [2.24, 2.45) is 5.92 Å². The molecule has 1 aromatic rings. The molecule has 2 fully saturated rings. The van der Waals surface area contributed by atoms with E-state index in [9.17, 15) is 18.0 Å². The summed E-state index contributed by atoms with van der Waals surface area (Å²) in [6.07, 6.45) is 2.71. The Morgan fingerprint density at radius 3 is 2.33 bits per heavy atom. The number of benzene rings is 1. The van der Waals surface area contributed by atoms with Gasteiger partial charge >= 0.3 is 5.97 Å². The second-order valence-electron chi connectivity index (χ2n) is 6.84. The highest BCUT2D eigenvalue weighted by atomic mass is 35.5. The highest BCUT2D eigenvalue weighted by Gasteiger charge is 2.31. The van der Waals surface area contributed by atoms with Crippen LogP contribution < -0.4 is 0 Å². The van der Waals surface area contributed by atoms with Gasteiger partial charge in [-0.05, 0) is 43.9 Å².